The molecule has 0 atom stereocenters. The first-order valence-corrected chi connectivity index (χ1v) is 9.17. The number of carbonyl (C=O) groups is 2. The number of hydrogen-bond donors (Lipinski definition) is 2. The molecule has 2 aromatic carbocycles. The predicted octanol–water partition coefficient (Wildman–Crippen LogP) is 4.53. The van der Waals surface area contributed by atoms with Gasteiger partial charge in [0.1, 0.15) is 5.69 Å². The lowest BCUT2D eigenvalue weighted by Gasteiger charge is -2.09. The fraction of sp³-hybridized carbons (Fsp3) is 0.136. The number of benzene rings is 2. The highest BCUT2D eigenvalue weighted by Gasteiger charge is 2.12. The minimum atomic E-state index is -0.351. The third kappa shape index (κ3) is 5.18. The Balaban J connectivity index is 1.67. The topological polar surface area (TPSA) is 71.1 Å². The average molecular weight is 394 g/mol. The maximum absolute atomic E-state index is 12.5. The third-order valence-electron chi connectivity index (χ3n) is 4.10. The van der Waals surface area contributed by atoms with Crippen LogP contribution in [0.5, 0.6) is 0 Å². The molecule has 2 amide bonds. The fourth-order valence-electron chi connectivity index (χ4n) is 2.82. The molecule has 5 nitrogen and oxygen atoms in total. The number of nitrogens with one attached hydrogen (secondary N) is 2. The summed E-state index contributed by atoms with van der Waals surface area (Å²) in [5, 5.41) is 6.29. The first kappa shape index (κ1) is 19.6. The summed E-state index contributed by atoms with van der Waals surface area (Å²) < 4.78 is 0. The molecule has 28 heavy (non-hydrogen) atoms. The third-order valence-corrected chi connectivity index (χ3v) is 4.35. The minimum Gasteiger partial charge on any atom is -0.347 e. The van der Waals surface area contributed by atoms with E-state index in [1.165, 1.54) is 12.3 Å². The number of anilines is 1. The smallest absolute Gasteiger partial charge is 0.270 e. The van der Waals surface area contributed by atoms with Gasteiger partial charge in [0.2, 0.25) is 0 Å². The van der Waals surface area contributed by atoms with E-state index in [1.54, 1.807) is 18.2 Å². The number of amides is 2. The van der Waals surface area contributed by atoms with Gasteiger partial charge in [-0.15, -0.1) is 0 Å². The number of carbonyl (C=O) groups excluding carboxylic acids is 2. The van der Waals surface area contributed by atoms with Crippen LogP contribution in [0.1, 0.15) is 37.5 Å². The van der Waals surface area contributed by atoms with E-state index < -0.39 is 0 Å². The summed E-state index contributed by atoms with van der Waals surface area (Å²) >= 11 is 5.86. The van der Waals surface area contributed by atoms with Crippen molar-refractivity contribution in [3.8, 4) is 0 Å². The van der Waals surface area contributed by atoms with E-state index in [-0.39, 0.29) is 17.5 Å². The molecule has 0 radical (unpaired) electrons. The van der Waals surface area contributed by atoms with Gasteiger partial charge in [-0.2, -0.15) is 0 Å². The Labute approximate surface area is 168 Å². The van der Waals surface area contributed by atoms with Gasteiger partial charge < -0.3 is 10.6 Å². The molecule has 0 bridgehead atoms. The Bertz CT molecular complexity index is 996. The van der Waals surface area contributed by atoms with Crippen LogP contribution in [0.15, 0.2) is 60.8 Å². The molecule has 0 saturated carbocycles. The van der Waals surface area contributed by atoms with Crippen LogP contribution in [-0.2, 0) is 6.54 Å². The number of aryl methyl sites for hydroxylation is 2. The molecule has 1 aromatic heterocycles. The van der Waals surface area contributed by atoms with E-state index >= 15 is 0 Å². The second-order valence-electron chi connectivity index (χ2n) is 6.57. The summed E-state index contributed by atoms with van der Waals surface area (Å²) in [6.45, 7) is 4.28. The van der Waals surface area contributed by atoms with Gasteiger partial charge in [0, 0.05) is 29.0 Å². The molecule has 3 rings (SSSR count). The lowest BCUT2D eigenvalue weighted by molar-refractivity contribution is 0.0946. The quantitative estimate of drug-likeness (QED) is 0.668. The van der Waals surface area contributed by atoms with E-state index in [9.17, 15) is 9.59 Å². The largest absolute Gasteiger partial charge is 0.347 e. The van der Waals surface area contributed by atoms with Crippen molar-refractivity contribution in [3.63, 3.8) is 0 Å². The van der Waals surface area contributed by atoms with Crippen LogP contribution in [0.2, 0.25) is 5.02 Å². The van der Waals surface area contributed by atoms with Gasteiger partial charge in [-0.1, -0.05) is 29.8 Å². The van der Waals surface area contributed by atoms with Crippen LogP contribution in [-0.4, -0.2) is 16.8 Å². The lowest BCUT2D eigenvalue weighted by atomic mass is 10.1. The molecule has 1 heterocycles. The lowest BCUT2D eigenvalue weighted by Crippen LogP contribution is -2.24. The Morgan fingerprint density at radius 1 is 0.929 bits per heavy atom. The monoisotopic (exact) mass is 393 g/mol. The molecule has 0 fully saturated rings. The van der Waals surface area contributed by atoms with Crippen molar-refractivity contribution in [1.29, 1.82) is 0 Å². The van der Waals surface area contributed by atoms with Crippen molar-refractivity contribution in [1.82, 2.24) is 10.3 Å². The molecular formula is C22H20ClN3O2. The van der Waals surface area contributed by atoms with E-state index in [1.807, 2.05) is 44.2 Å². The van der Waals surface area contributed by atoms with Crippen LogP contribution >= 0.6 is 11.6 Å². The number of halogens is 1. The van der Waals surface area contributed by atoms with Crippen molar-refractivity contribution in [2.45, 2.75) is 20.4 Å². The molecular weight excluding hydrogens is 374 g/mol. The van der Waals surface area contributed by atoms with Gasteiger partial charge in [0.05, 0.1) is 0 Å². The normalized spacial score (nSPS) is 10.4. The molecule has 3 aromatic rings. The predicted molar refractivity (Wildman–Crippen MR) is 111 cm³/mol. The summed E-state index contributed by atoms with van der Waals surface area (Å²) in [6, 6.07) is 16.1. The Morgan fingerprint density at radius 3 is 2.29 bits per heavy atom. The molecule has 0 aliphatic rings. The van der Waals surface area contributed by atoms with Crippen molar-refractivity contribution in [2.24, 2.45) is 0 Å². The first-order valence-electron chi connectivity index (χ1n) is 8.79. The number of hydrogen-bond acceptors (Lipinski definition) is 3. The Hall–Kier alpha value is -3.18. The van der Waals surface area contributed by atoms with Gasteiger partial charge in [-0.05, 0) is 66.9 Å². The average Bonchev–Trinajstić information content (AvgIpc) is 2.66. The first-order chi connectivity index (χ1) is 13.4. The van der Waals surface area contributed by atoms with Crippen LogP contribution in [0.4, 0.5) is 5.69 Å². The molecule has 0 aliphatic heterocycles. The van der Waals surface area contributed by atoms with Crippen molar-refractivity contribution in [3.05, 3.63) is 93.8 Å². The number of nitrogens with zero attached hydrogens (tertiary/aromatic N) is 1. The van der Waals surface area contributed by atoms with E-state index in [0.717, 1.165) is 16.7 Å². The molecule has 0 spiro atoms. The van der Waals surface area contributed by atoms with Crippen molar-refractivity contribution < 1.29 is 9.59 Å². The SMILES string of the molecule is Cc1cc(C)cc(NC(=O)c2ccnc(C(=O)NCc3ccc(Cl)cc3)c2)c1. The van der Waals surface area contributed by atoms with Gasteiger partial charge in [-0.25, -0.2) is 0 Å². The molecule has 0 aliphatic carbocycles. The summed E-state index contributed by atoms with van der Waals surface area (Å²) in [5.74, 6) is -0.643. The Kier molecular flexibility index (Phi) is 6.06. The van der Waals surface area contributed by atoms with E-state index in [0.29, 0.717) is 22.8 Å². The number of pyridine rings is 1. The second-order valence-corrected chi connectivity index (χ2v) is 7.01. The summed E-state index contributed by atoms with van der Waals surface area (Å²) in [4.78, 5) is 29.0. The van der Waals surface area contributed by atoms with Crippen LogP contribution < -0.4 is 10.6 Å². The maximum Gasteiger partial charge on any atom is 0.270 e. The fourth-order valence-corrected chi connectivity index (χ4v) is 2.95. The highest BCUT2D eigenvalue weighted by atomic mass is 35.5. The van der Waals surface area contributed by atoms with Gasteiger partial charge in [-0.3, -0.25) is 14.6 Å². The minimum absolute atomic E-state index is 0.182. The molecule has 0 unspecified atom stereocenters. The van der Waals surface area contributed by atoms with Crippen molar-refractivity contribution >= 4 is 29.1 Å². The van der Waals surface area contributed by atoms with Gasteiger partial charge in [0.15, 0.2) is 0 Å². The zero-order chi connectivity index (χ0) is 20.1. The number of rotatable bonds is 5. The Morgan fingerprint density at radius 2 is 1.61 bits per heavy atom. The second kappa shape index (κ2) is 8.67. The standard InChI is InChI=1S/C22H20ClN3O2/c1-14-9-15(2)11-19(10-14)26-21(27)17-7-8-24-20(12-17)22(28)25-13-16-3-5-18(23)6-4-16/h3-12H,13H2,1-2H3,(H,25,28)(H,26,27). The van der Waals surface area contributed by atoms with Crippen LogP contribution in [0, 0.1) is 13.8 Å². The van der Waals surface area contributed by atoms with Crippen LogP contribution in [0.25, 0.3) is 0 Å². The molecule has 6 heteroatoms. The maximum atomic E-state index is 12.5. The zero-order valence-electron chi connectivity index (χ0n) is 15.6. The van der Waals surface area contributed by atoms with Crippen LogP contribution in [0.3, 0.4) is 0 Å². The summed E-state index contributed by atoms with van der Waals surface area (Å²) in [7, 11) is 0. The molecule has 2 N–H and O–H groups in total. The van der Waals surface area contributed by atoms with E-state index in [4.69, 9.17) is 11.6 Å². The molecule has 142 valence electrons. The molecule has 0 saturated heterocycles. The zero-order valence-corrected chi connectivity index (χ0v) is 16.4. The summed E-state index contributed by atoms with van der Waals surface area (Å²) in [5.41, 5.74) is 4.31. The summed E-state index contributed by atoms with van der Waals surface area (Å²) in [6.07, 6.45) is 1.45. The van der Waals surface area contributed by atoms with E-state index in [2.05, 4.69) is 15.6 Å². The van der Waals surface area contributed by atoms with Gasteiger partial charge in [0.25, 0.3) is 11.8 Å². The van der Waals surface area contributed by atoms with Crippen molar-refractivity contribution in [2.75, 3.05) is 5.32 Å². The highest BCUT2D eigenvalue weighted by molar-refractivity contribution is 6.30. The highest BCUT2D eigenvalue weighted by Crippen LogP contribution is 2.15. The number of aromatic nitrogens is 1. The van der Waals surface area contributed by atoms with Gasteiger partial charge >= 0.3 is 0 Å².